The number of hydrogen-bond acceptors (Lipinski definition) is 0. The van der Waals surface area contributed by atoms with Gasteiger partial charge in [-0.1, -0.05) is 24.3 Å². The summed E-state index contributed by atoms with van der Waals surface area (Å²) in [5.74, 6) is 0. The molecule has 120 valence electrons. The second-order valence-corrected chi connectivity index (χ2v) is 5.30. The minimum absolute atomic E-state index is 0.221. The van der Waals surface area contributed by atoms with Crippen LogP contribution in [0, 0.1) is 6.92 Å². The van der Waals surface area contributed by atoms with Gasteiger partial charge < -0.3 is 0 Å². The second kappa shape index (κ2) is 4.88. The Hall–Kier alpha value is -2.24. The Labute approximate surface area is 127 Å². The average molecular weight is 328 g/mol. The highest BCUT2D eigenvalue weighted by atomic mass is 19.4. The van der Waals surface area contributed by atoms with Gasteiger partial charge in [0, 0.05) is 0 Å². The fraction of sp³-hybridized carbons (Fsp3) is 0.176. The van der Waals surface area contributed by atoms with Gasteiger partial charge in [0.1, 0.15) is 0 Å². The Balaban J connectivity index is 2.53. The number of hydrogen-bond donors (Lipinski definition) is 0. The number of rotatable bonds is 0. The molecule has 0 saturated heterocycles. The maximum Gasteiger partial charge on any atom is 0.417 e. The van der Waals surface area contributed by atoms with Gasteiger partial charge in [0.2, 0.25) is 0 Å². The molecule has 0 saturated carbocycles. The Morgan fingerprint density at radius 2 is 1.00 bits per heavy atom. The van der Waals surface area contributed by atoms with E-state index in [2.05, 4.69) is 0 Å². The molecule has 0 radical (unpaired) electrons. The molecule has 0 nitrogen and oxygen atoms in total. The van der Waals surface area contributed by atoms with Crippen molar-refractivity contribution < 1.29 is 26.3 Å². The molecule has 0 heterocycles. The molecule has 0 spiro atoms. The quantitative estimate of drug-likeness (QED) is 0.334. The van der Waals surface area contributed by atoms with E-state index in [0.717, 1.165) is 18.2 Å². The Bertz CT molecular complexity index is 831. The summed E-state index contributed by atoms with van der Waals surface area (Å²) >= 11 is 0. The molecule has 0 amide bonds. The maximum atomic E-state index is 13.2. The highest BCUT2D eigenvalue weighted by Crippen LogP contribution is 2.41. The van der Waals surface area contributed by atoms with Crippen molar-refractivity contribution in [3.63, 3.8) is 0 Å². The molecule has 0 aliphatic heterocycles. The van der Waals surface area contributed by atoms with Gasteiger partial charge in [0.25, 0.3) is 0 Å². The van der Waals surface area contributed by atoms with Gasteiger partial charge in [-0.25, -0.2) is 0 Å². The predicted octanol–water partition coefficient (Wildman–Crippen LogP) is 6.34. The normalized spacial score (nSPS) is 13.0. The van der Waals surface area contributed by atoms with Gasteiger partial charge in [-0.05, 0) is 52.2 Å². The third-order valence-corrected chi connectivity index (χ3v) is 3.92. The summed E-state index contributed by atoms with van der Waals surface area (Å²) in [5, 5.41) is 0.154. The molecule has 3 aromatic rings. The van der Waals surface area contributed by atoms with Crippen LogP contribution in [0.4, 0.5) is 26.3 Å². The molecule has 0 aliphatic carbocycles. The summed E-state index contributed by atoms with van der Waals surface area (Å²) < 4.78 is 79.0. The van der Waals surface area contributed by atoms with Gasteiger partial charge in [-0.2, -0.15) is 26.3 Å². The molecule has 0 N–H and O–H groups in total. The minimum Gasteiger partial charge on any atom is -0.166 e. The molecule has 3 aromatic carbocycles. The van der Waals surface area contributed by atoms with Gasteiger partial charge >= 0.3 is 12.4 Å². The number of aryl methyl sites for hydroxylation is 1. The van der Waals surface area contributed by atoms with Crippen molar-refractivity contribution >= 4 is 21.5 Å². The Morgan fingerprint density at radius 1 is 0.609 bits per heavy atom. The third kappa shape index (κ3) is 2.52. The van der Waals surface area contributed by atoms with Gasteiger partial charge in [-0.3, -0.25) is 0 Å². The van der Waals surface area contributed by atoms with Crippen molar-refractivity contribution in [2.75, 3.05) is 0 Å². The van der Waals surface area contributed by atoms with Crippen LogP contribution in [0.3, 0.4) is 0 Å². The van der Waals surface area contributed by atoms with Crippen molar-refractivity contribution in [1.82, 2.24) is 0 Å². The first-order valence-corrected chi connectivity index (χ1v) is 6.70. The molecule has 0 fully saturated rings. The Morgan fingerprint density at radius 3 is 1.35 bits per heavy atom. The number of fused-ring (bicyclic) bond motifs is 2. The fourth-order valence-electron chi connectivity index (χ4n) is 2.88. The Kier molecular flexibility index (Phi) is 3.32. The van der Waals surface area contributed by atoms with Crippen molar-refractivity contribution in [3.8, 4) is 0 Å². The molecule has 0 atom stereocenters. The first kappa shape index (κ1) is 15.6. The SMILES string of the molecule is Cc1c2cccc(C(F)(F)F)c2cc2c(C(F)(F)F)cccc12. The largest absolute Gasteiger partial charge is 0.417 e. The lowest BCUT2D eigenvalue weighted by atomic mass is 9.92. The van der Waals surface area contributed by atoms with Crippen LogP contribution >= 0.6 is 0 Å². The topological polar surface area (TPSA) is 0 Å². The van der Waals surface area contributed by atoms with Crippen LogP contribution in [-0.2, 0) is 12.4 Å². The van der Waals surface area contributed by atoms with E-state index >= 15 is 0 Å². The molecule has 0 unspecified atom stereocenters. The zero-order chi connectivity index (χ0) is 17.0. The van der Waals surface area contributed by atoms with Gasteiger partial charge in [-0.15, -0.1) is 0 Å². The molecule has 0 aromatic heterocycles. The van der Waals surface area contributed by atoms with E-state index in [1.54, 1.807) is 0 Å². The third-order valence-electron chi connectivity index (χ3n) is 3.92. The van der Waals surface area contributed by atoms with E-state index in [1.165, 1.54) is 31.2 Å². The predicted molar refractivity (Wildman–Crippen MR) is 76.2 cm³/mol. The summed E-state index contributed by atoms with van der Waals surface area (Å²) in [4.78, 5) is 0. The van der Waals surface area contributed by atoms with Gasteiger partial charge in [0.05, 0.1) is 11.1 Å². The maximum absolute atomic E-state index is 13.2. The highest BCUT2D eigenvalue weighted by molar-refractivity contribution is 6.04. The number of alkyl halides is 6. The molecule has 0 aliphatic rings. The highest BCUT2D eigenvalue weighted by Gasteiger charge is 2.35. The summed E-state index contributed by atoms with van der Waals surface area (Å²) in [7, 11) is 0. The fourth-order valence-corrected chi connectivity index (χ4v) is 2.88. The first-order valence-electron chi connectivity index (χ1n) is 6.70. The number of benzene rings is 3. The lowest BCUT2D eigenvalue weighted by Crippen LogP contribution is -2.08. The molecular formula is C17H10F6. The average Bonchev–Trinajstić information content (AvgIpc) is 2.44. The van der Waals surface area contributed by atoms with E-state index in [9.17, 15) is 26.3 Å². The van der Waals surface area contributed by atoms with Crippen LogP contribution in [0.25, 0.3) is 21.5 Å². The zero-order valence-corrected chi connectivity index (χ0v) is 11.8. The molecule has 0 bridgehead atoms. The van der Waals surface area contributed by atoms with Crippen LogP contribution in [0.2, 0.25) is 0 Å². The van der Waals surface area contributed by atoms with E-state index in [1.807, 2.05) is 0 Å². The monoisotopic (exact) mass is 328 g/mol. The molecule has 3 rings (SSSR count). The first-order chi connectivity index (χ1) is 10.6. The lowest BCUT2D eigenvalue weighted by Gasteiger charge is -2.16. The van der Waals surface area contributed by atoms with Crippen molar-refractivity contribution in [2.24, 2.45) is 0 Å². The summed E-state index contributed by atoms with van der Waals surface area (Å²) in [6, 6.07) is 8.24. The summed E-state index contributed by atoms with van der Waals surface area (Å²) in [6.07, 6.45) is -9.26. The lowest BCUT2D eigenvalue weighted by molar-refractivity contribution is -0.136. The minimum atomic E-state index is -4.63. The summed E-state index contributed by atoms with van der Waals surface area (Å²) in [6.45, 7) is 1.53. The van der Waals surface area contributed by atoms with Crippen LogP contribution in [0.15, 0.2) is 42.5 Å². The van der Waals surface area contributed by atoms with Crippen LogP contribution in [0.5, 0.6) is 0 Å². The van der Waals surface area contributed by atoms with Crippen LogP contribution in [-0.4, -0.2) is 0 Å². The second-order valence-electron chi connectivity index (χ2n) is 5.30. The van der Waals surface area contributed by atoms with Crippen LogP contribution < -0.4 is 0 Å². The summed E-state index contributed by atoms with van der Waals surface area (Å²) in [5.41, 5.74) is -1.47. The van der Waals surface area contributed by atoms with E-state index < -0.39 is 23.5 Å². The zero-order valence-electron chi connectivity index (χ0n) is 11.8. The molecule has 23 heavy (non-hydrogen) atoms. The molecular weight excluding hydrogens is 318 g/mol. The standard InChI is InChI=1S/C17H10F6/c1-9-10-4-2-6-14(16(18,19)20)12(10)8-13-11(9)5-3-7-15(13)17(21,22)23/h2-8H,1H3. The van der Waals surface area contributed by atoms with E-state index in [0.29, 0.717) is 16.3 Å². The van der Waals surface area contributed by atoms with Crippen LogP contribution in [0.1, 0.15) is 16.7 Å². The van der Waals surface area contributed by atoms with Crippen molar-refractivity contribution in [1.29, 1.82) is 0 Å². The van der Waals surface area contributed by atoms with E-state index in [-0.39, 0.29) is 10.8 Å². The van der Waals surface area contributed by atoms with Gasteiger partial charge in [0.15, 0.2) is 0 Å². The number of halogens is 6. The molecule has 6 heteroatoms. The van der Waals surface area contributed by atoms with Crippen molar-refractivity contribution in [3.05, 3.63) is 59.2 Å². The van der Waals surface area contributed by atoms with E-state index in [4.69, 9.17) is 0 Å². The smallest absolute Gasteiger partial charge is 0.166 e. The van der Waals surface area contributed by atoms with Crippen molar-refractivity contribution in [2.45, 2.75) is 19.3 Å².